The SMILES string of the molecule is NC1(COCOCC2CC2)CCCCCC1. The van der Waals surface area contributed by atoms with Crippen LogP contribution in [0.25, 0.3) is 0 Å². The summed E-state index contributed by atoms with van der Waals surface area (Å²) in [4.78, 5) is 0. The molecule has 2 fully saturated rings. The second kappa shape index (κ2) is 5.99. The maximum atomic E-state index is 6.33. The van der Waals surface area contributed by atoms with Crippen LogP contribution in [0.3, 0.4) is 0 Å². The van der Waals surface area contributed by atoms with Gasteiger partial charge in [-0.15, -0.1) is 0 Å². The molecule has 0 amide bonds. The van der Waals surface area contributed by atoms with Gasteiger partial charge in [0.05, 0.1) is 13.2 Å². The van der Waals surface area contributed by atoms with Crippen LogP contribution in [0, 0.1) is 5.92 Å². The third-order valence-electron chi connectivity index (χ3n) is 3.71. The summed E-state index contributed by atoms with van der Waals surface area (Å²) in [6.45, 7) is 1.96. The van der Waals surface area contributed by atoms with Gasteiger partial charge in [0.2, 0.25) is 0 Å². The summed E-state index contributed by atoms with van der Waals surface area (Å²) in [5, 5.41) is 0. The lowest BCUT2D eigenvalue weighted by Gasteiger charge is -2.27. The first-order valence-electron chi connectivity index (χ1n) is 6.73. The summed E-state index contributed by atoms with van der Waals surface area (Å²) in [5.41, 5.74) is 6.25. The van der Waals surface area contributed by atoms with E-state index in [4.69, 9.17) is 15.2 Å². The molecule has 0 unspecified atom stereocenters. The Hall–Kier alpha value is -0.120. The van der Waals surface area contributed by atoms with Crippen molar-refractivity contribution in [2.24, 2.45) is 11.7 Å². The van der Waals surface area contributed by atoms with Crippen LogP contribution in [0.4, 0.5) is 0 Å². The average Bonchev–Trinajstić information content (AvgIpc) is 3.06. The molecule has 0 spiro atoms. The van der Waals surface area contributed by atoms with Gasteiger partial charge >= 0.3 is 0 Å². The molecular formula is C13H25NO2. The van der Waals surface area contributed by atoms with Crippen molar-refractivity contribution in [3.8, 4) is 0 Å². The lowest BCUT2D eigenvalue weighted by Crippen LogP contribution is -2.44. The van der Waals surface area contributed by atoms with Gasteiger partial charge in [0.15, 0.2) is 0 Å². The first kappa shape index (κ1) is 12.3. The molecular weight excluding hydrogens is 202 g/mol. The zero-order chi connectivity index (χ0) is 11.3. The Kier molecular flexibility index (Phi) is 4.62. The lowest BCUT2D eigenvalue weighted by atomic mass is 9.93. The van der Waals surface area contributed by atoms with Crippen molar-refractivity contribution in [1.82, 2.24) is 0 Å². The van der Waals surface area contributed by atoms with Gasteiger partial charge in [0.1, 0.15) is 6.79 Å². The third-order valence-corrected chi connectivity index (χ3v) is 3.71. The molecule has 2 N–H and O–H groups in total. The van der Waals surface area contributed by atoms with E-state index in [0.717, 1.165) is 25.4 Å². The molecule has 16 heavy (non-hydrogen) atoms. The second-order valence-corrected chi connectivity index (χ2v) is 5.56. The topological polar surface area (TPSA) is 44.5 Å². The molecule has 3 heteroatoms. The highest BCUT2D eigenvalue weighted by molar-refractivity contribution is 4.85. The predicted octanol–water partition coefficient (Wildman–Crippen LogP) is 2.44. The van der Waals surface area contributed by atoms with E-state index in [-0.39, 0.29) is 5.54 Å². The Morgan fingerprint density at radius 3 is 2.31 bits per heavy atom. The fourth-order valence-corrected chi connectivity index (χ4v) is 2.38. The maximum absolute atomic E-state index is 6.33. The molecule has 0 atom stereocenters. The van der Waals surface area contributed by atoms with Gasteiger partial charge in [0.25, 0.3) is 0 Å². The quantitative estimate of drug-likeness (QED) is 0.430. The number of hydrogen-bond donors (Lipinski definition) is 1. The number of hydrogen-bond acceptors (Lipinski definition) is 3. The van der Waals surface area contributed by atoms with Crippen molar-refractivity contribution in [2.75, 3.05) is 20.0 Å². The van der Waals surface area contributed by atoms with E-state index in [0.29, 0.717) is 13.4 Å². The lowest BCUT2D eigenvalue weighted by molar-refractivity contribution is -0.0728. The smallest absolute Gasteiger partial charge is 0.146 e. The van der Waals surface area contributed by atoms with E-state index < -0.39 is 0 Å². The molecule has 2 aliphatic rings. The third kappa shape index (κ3) is 4.40. The fourth-order valence-electron chi connectivity index (χ4n) is 2.38. The molecule has 0 radical (unpaired) electrons. The summed E-state index contributed by atoms with van der Waals surface area (Å²) in [6, 6.07) is 0. The Morgan fingerprint density at radius 1 is 1.00 bits per heavy atom. The van der Waals surface area contributed by atoms with E-state index in [1.807, 2.05) is 0 Å². The first-order valence-corrected chi connectivity index (χ1v) is 6.73. The first-order chi connectivity index (χ1) is 7.79. The molecule has 2 rings (SSSR count). The van der Waals surface area contributed by atoms with Crippen LogP contribution in [0.2, 0.25) is 0 Å². The molecule has 0 bridgehead atoms. The van der Waals surface area contributed by atoms with Crippen molar-refractivity contribution in [1.29, 1.82) is 0 Å². The van der Waals surface area contributed by atoms with Crippen LogP contribution in [0.15, 0.2) is 0 Å². The van der Waals surface area contributed by atoms with Gasteiger partial charge in [-0.1, -0.05) is 25.7 Å². The Labute approximate surface area is 98.7 Å². The number of ether oxygens (including phenoxy) is 2. The minimum absolute atomic E-state index is 0.0839. The standard InChI is InChI=1S/C13H25NO2/c14-13(7-3-1-2-4-8-13)10-16-11-15-9-12-5-6-12/h12H,1-11,14H2. The summed E-state index contributed by atoms with van der Waals surface area (Å²) in [7, 11) is 0. The number of rotatable bonds is 6. The van der Waals surface area contributed by atoms with E-state index in [9.17, 15) is 0 Å². The summed E-state index contributed by atoms with van der Waals surface area (Å²) in [6.07, 6.45) is 10.0. The number of nitrogens with two attached hydrogens (primary N) is 1. The van der Waals surface area contributed by atoms with Crippen molar-refractivity contribution in [3.63, 3.8) is 0 Å². The maximum Gasteiger partial charge on any atom is 0.146 e. The molecule has 94 valence electrons. The van der Waals surface area contributed by atoms with Crippen LogP contribution >= 0.6 is 0 Å². The van der Waals surface area contributed by atoms with Crippen molar-refractivity contribution in [3.05, 3.63) is 0 Å². The van der Waals surface area contributed by atoms with Gasteiger partial charge in [-0.3, -0.25) is 0 Å². The molecule has 0 aliphatic heterocycles. The van der Waals surface area contributed by atoms with E-state index in [1.165, 1.54) is 38.5 Å². The molecule has 0 aromatic carbocycles. The minimum Gasteiger partial charge on any atom is -0.355 e. The molecule has 0 aromatic heterocycles. The van der Waals surface area contributed by atoms with E-state index in [1.54, 1.807) is 0 Å². The normalized spacial score (nSPS) is 25.3. The average molecular weight is 227 g/mol. The molecule has 0 aromatic rings. The largest absolute Gasteiger partial charge is 0.355 e. The summed E-state index contributed by atoms with van der Waals surface area (Å²) >= 11 is 0. The highest BCUT2D eigenvalue weighted by Gasteiger charge is 2.26. The van der Waals surface area contributed by atoms with Crippen molar-refractivity contribution < 1.29 is 9.47 Å². The van der Waals surface area contributed by atoms with Gasteiger partial charge in [-0.05, 0) is 31.6 Å². The second-order valence-electron chi connectivity index (χ2n) is 5.56. The van der Waals surface area contributed by atoms with Crippen LogP contribution in [0.1, 0.15) is 51.4 Å². The Morgan fingerprint density at radius 2 is 1.69 bits per heavy atom. The molecule has 0 heterocycles. The van der Waals surface area contributed by atoms with Crippen molar-refractivity contribution >= 4 is 0 Å². The fraction of sp³-hybridized carbons (Fsp3) is 1.00. The van der Waals surface area contributed by atoms with Crippen LogP contribution in [-0.2, 0) is 9.47 Å². The summed E-state index contributed by atoms with van der Waals surface area (Å²) < 4.78 is 11.0. The van der Waals surface area contributed by atoms with Crippen LogP contribution in [-0.4, -0.2) is 25.5 Å². The molecule has 3 nitrogen and oxygen atoms in total. The zero-order valence-electron chi connectivity index (χ0n) is 10.2. The van der Waals surface area contributed by atoms with Crippen LogP contribution in [0.5, 0.6) is 0 Å². The zero-order valence-corrected chi connectivity index (χ0v) is 10.2. The highest BCUT2D eigenvalue weighted by Crippen LogP contribution is 2.29. The van der Waals surface area contributed by atoms with Crippen molar-refractivity contribution in [2.45, 2.75) is 56.9 Å². The Balaban J connectivity index is 1.55. The van der Waals surface area contributed by atoms with Gasteiger partial charge < -0.3 is 15.2 Å². The van der Waals surface area contributed by atoms with Gasteiger partial charge in [-0.25, -0.2) is 0 Å². The monoisotopic (exact) mass is 227 g/mol. The van der Waals surface area contributed by atoms with E-state index in [2.05, 4.69) is 0 Å². The highest BCUT2D eigenvalue weighted by atomic mass is 16.7. The molecule has 2 saturated carbocycles. The molecule has 2 aliphatic carbocycles. The van der Waals surface area contributed by atoms with Crippen LogP contribution < -0.4 is 5.73 Å². The predicted molar refractivity (Wildman–Crippen MR) is 64.1 cm³/mol. The van der Waals surface area contributed by atoms with Gasteiger partial charge in [0, 0.05) is 5.54 Å². The molecule has 0 saturated heterocycles. The van der Waals surface area contributed by atoms with Gasteiger partial charge in [-0.2, -0.15) is 0 Å². The summed E-state index contributed by atoms with van der Waals surface area (Å²) in [5.74, 6) is 0.813. The Bertz CT molecular complexity index is 196. The van der Waals surface area contributed by atoms with E-state index >= 15 is 0 Å². The minimum atomic E-state index is -0.0839.